The Hall–Kier alpha value is -1.90. The van der Waals surface area contributed by atoms with E-state index >= 15 is 0 Å². The molecule has 1 aromatic heterocycles. The van der Waals surface area contributed by atoms with Crippen molar-refractivity contribution in [2.24, 2.45) is 5.73 Å². The minimum atomic E-state index is -3.66. The average molecular weight is 317 g/mol. The largest absolute Gasteiger partial charge is 0.423 e. The summed E-state index contributed by atoms with van der Waals surface area (Å²) in [6.45, 7) is 2.04. The molecule has 0 bridgehead atoms. The van der Waals surface area contributed by atoms with Gasteiger partial charge in [-0.1, -0.05) is 19.0 Å². The van der Waals surface area contributed by atoms with Crippen molar-refractivity contribution in [3.05, 3.63) is 48.3 Å². The molecule has 114 valence electrons. The summed E-state index contributed by atoms with van der Waals surface area (Å²) in [5.74, 6) is 0. The highest BCUT2D eigenvalue weighted by molar-refractivity contribution is 7.92. The van der Waals surface area contributed by atoms with Crippen molar-refractivity contribution in [2.75, 3.05) is 11.3 Å². The van der Waals surface area contributed by atoms with E-state index in [9.17, 15) is 8.42 Å². The van der Waals surface area contributed by atoms with Gasteiger partial charge in [-0.05, 0) is 29.2 Å². The minimum Gasteiger partial charge on any atom is -0.423 e. The highest BCUT2D eigenvalue weighted by Gasteiger charge is 2.34. The summed E-state index contributed by atoms with van der Waals surface area (Å²) in [7, 11) is -3.66. The van der Waals surface area contributed by atoms with Gasteiger partial charge in [0.25, 0.3) is 10.0 Å². The first-order valence-electron chi connectivity index (χ1n) is 6.94. The highest BCUT2D eigenvalue weighted by Crippen LogP contribution is 2.27. The topological polar surface area (TPSA) is 94.3 Å². The first-order chi connectivity index (χ1) is 10.5. The van der Waals surface area contributed by atoms with Gasteiger partial charge in [0.1, 0.15) is 0 Å². The second kappa shape index (κ2) is 5.71. The van der Waals surface area contributed by atoms with Crippen LogP contribution in [0.2, 0.25) is 6.82 Å². The number of benzene rings is 1. The highest BCUT2D eigenvalue weighted by atomic mass is 32.2. The fourth-order valence-corrected chi connectivity index (χ4v) is 3.76. The van der Waals surface area contributed by atoms with Crippen LogP contribution in [0.5, 0.6) is 0 Å². The summed E-state index contributed by atoms with van der Waals surface area (Å²) < 4.78 is 33.3. The van der Waals surface area contributed by atoms with Crippen molar-refractivity contribution in [3.63, 3.8) is 0 Å². The number of nitrogens with two attached hydrogens (primary N) is 1. The van der Waals surface area contributed by atoms with Gasteiger partial charge in [-0.2, -0.15) is 0 Å². The second-order valence-electron chi connectivity index (χ2n) is 5.10. The maximum atomic E-state index is 12.5. The second-order valence-corrected chi connectivity index (χ2v) is 6.78. The molecule has 8 heteroatoms. The number of sulfonamides is 1. The van der Waals surface area contributed by atoms with E-state index in [-0.39, 0.29) is 17.9 Å². The van der Waals surface area contributed by atoms with Crippen LogP contribution in [0.3, 0.4) is 0 Å². The van der Waals surface area contributed by atoms with Crippen LogP contribution in [-0.4, -0.2) is 26.9 Å². The SMILES string of the molecule is CB1O[C@@H](CN)c2cccc(NS(=O)(=O)c3ccncc3)c21. The van der Waals surface area contributed by atoms with Gasteiger partial charge in [-0.25, -0.2) is 8.42 Å². The number of hydrogen-bond acceptors (Lipinski definition) is 5. The summed E-state index contributed by atoms with van der Waals surface area (Å²) in [6.07, 6.45) is 2.69. The molecule has 2 heterocycles. The third-order valence-electron chi connectivity index (χ3n) is 3.68. The normalized spacial score (nSPS) is 17.4. The Morgan fingerprint density at radius 1 is 1.32 bits per heavy atom. The fourth-order valence-electron chi connectivity index (χ4n) is 2.70. The molecule has 1 atom stereocenters. The standard InChI is InChI=1S/C14H16BN3O3S/c1-15-14-11(13(9-16)21-15)3-2-4-12(14)18-22(19,20)10-5-7-17-8-6-10/h2-8,13,18H,9,16H2,1H3/t13-/m0/s1. The zero-order chi connectivity index (χ0) is 15.7. The Morgan fingerprint density at radius 3 is 2.73 bits per heavy atom. The summed E-state index contributed by atoms with van der Waals surface area (Å²) in [4.78, 5) is 4.00. The maximum Gasteiger partial charge on any atom is 0.326 e. The lowest BCUT2D eigenvalue weighted by Crippen LogP contribution is -2.29. The fraction of sp³-hybridized carbons (Fsp3) is 0.214. The van der Waals surface area contributed by atoms with Crippen LogP contribution >= 0.6 is 0 Å². The third kappa shape index (κ3) is 2.60. The Labute approximate surface area is 129 Å². The zero-order valence-corrected chi connectivity index (χ0v) is 12.9. The van der Waals surface area contributed by atoms with Gasteiger partial charge in [-0.3, -0.25) is 9.71 Å². The smallest absolute Gasteiger partial charge is 0.326 e. The molecule has 22 heavy (non-hydrogen) atoms. The van der Waals surface area contributed by atoms with Crippen LogP contribution in [0.25, 0.3) is 0 Å². The molecule has 0 unspecified atom stereocenters. The Kier molecular flexibility index (Phi) is 3.90. The Bertz CT molecular complexity index is 783. The van der Waals surface area contributed by atoms with Gasteiger partial charge in [-0.15, -0.1) is 0 Å². The molecule has 1 aliphatic rings. The molecule has 2 aromatic rings. The number of nitrogens with zero attached hydrogens (tertiary/aromatic N) is 1. The minimum absolute atomic E-state index is 0.169. The van der Waals surface area contributed by atoms with Crippen molar-refractivity contribution >= 4 is 28.1 Å². The van der Waals surface area contributed by atoms with Gasteiger partial charge in [0.05, 0.1) is 11.0 Å². The molecule has 0 amide bonds. The van der Waals surface area contributed by atoms with Gasteiger partial charge in [0.2, 0.25) is 0 Å². The molecule has 0 aliphatic carbocycles. The molecular weight excluding hydrogens is 301 g/mol. The van der Waals surface area contributed by atoms with Crippen molar-refractivity contribution in [2.45, 2.75) is 17.8 Å². The van der Waals surface area contributed by atoms with E-state index in [1.165, 1.54) is 24.5 Å². The third-order valence-corrected chi connectivity index (χ3v) is 5.06. The maximum absolute atomic E-state index is 12.5. The Morgan fingerprint density at radius 2 is 2.05 bits per heavy atom. The predicted octanol–water partition coefficient (Wildman–Crippen LogP) is 0.741. The molecule has 0 radical (unpaired) electrons. The summed E-state index contributed by atoms with van der Waals surface area (Å²) in [6, 6.07) is 8.35. The lowest BCUT2D eigenvalue weighted by Gasteiger charge is -2.13. The predicted molar refractivity (Wildman–Crippen MR) is 85.6 cm³/mol. The monoisotopic (exact) mass is 317 g/mol. The quantitative estimate of drug-likeness (QED) is 0.811. The van der Waals surface area contributed by atoms with E-state index < -0.39 is 10.0 Å². The van der Waals surface area contributed by atoms with E-state index in [1.54, 1.807) is 12.1 Å². The number of anilines is 1. The molecule has 1 aliphatic heterocycles. The number of fused-ring (bicyclic) bond motifs is 1. The lowest BCUT2D eigenvalue weighted by molar-refractivity contribution is 0.235. The van der Waals surface area contributed by atoms with Crippen LogP contribution in [0.1, 0.15) is 11.7 Å². The van der Waals surface area contributed by atoms with Crippen LogP contribution in [0, 0.1) is 0 Å². The molecule has 3 rings (SSSR count). The van der Waals surface area contributed by atoms with Crippen LogP contribution < -0.4 is 15.9 Å². The number of pyridine rings is 1. The summed E-state index contributed by atoms with van der Waals surface area (Å²) in [5.41, 5.74) is 8.01. The molecule has 3 N–H and O–H groups in total. The first kappa shape index (κ1) is 15.0. The molecular formula is C14H16BN3O3S. The summed E-state index contributed by atoms with van der Waals surface area (Å²) >= 11 is 0. The van der Waals surface area contributed by atoms with E-state index in [0.29, 0.717) is 12.2 Å². The van der Waals surface area contributed by atoms with Crippen LogP contribution in [0.4, 0.5) is 5.69 Å². The van der Waals surface area contributed by atoms with Gasteiger partial charge >= 0.3 is 6.92 Å². The van der Waals surface area contributed by atoms with Gasteiger partial charge < -0.3 is 10.4 Å². The molecule has 0 saturated carbocycles. The van der Waals surface area contributed by atoms with E-state index in [2.05, 4.69) is 9.71 Å². The molecule has 0 spiro atoms. The number of hydrogen-bond donors (Lipinski definition) is 2. The molecule has 0 saturated heterocycles. The van der Waals surface area contributed by atoms with Crippen LogP contribution in [-0.2, 0) is 14.7 Å². The number of rotatable bonds is 4. The van der Waals surface area contributed by atoms with E-state index in [1.807, 2.05) is 12.9 Å². The van der Waals surface area contributed by atoms with Crippen molar-refractivity contribution < 1.29 is 13.1 Å². The molecule has 0 fully saturated rings. The summed E-state index contributed by atoms with van der Waals surface area (Å²) in [5, 5.41) is 0. The van der Waals surface area contributed by atoms with E-state index in [0.717, 1.165) is 11.0 Å². The Balaban J connectivity index is 2.00. The molecule has 6 nitrogen and oxygen atoms in total. The van der Waals surface area contributed by atoms with Crippen molar-refractivity contribution in [1.82, 2.24) is 4.98 Å². The average Bonchev–Trinajstić information content (AvgIpc) is 2.85. The number of nitrogens with one attached hydrogen (secondary N) is 1. The van der Waals surface area contributed by atoms with Gasteiger partial charge in [0, 0.05) is 24.6 Å². The first-order valence-corrected chi connectivity index (χ1v) is 8.42. The number of aromatic nitrogens is 1. The lowest BCUT2D eigenvalue weighted by atomic mass is 9.63. The van der Waals surface area contributed by atoms with Crippen molar-refractivity contribution in [3.8, 4) is 0 Å². The van der Waals surface area contributed by atoms with Gasteiger partial charge in [0.15, 0.2) is 0 Å². The van der Waals surface area contributed by atoms with Crippen molar-refractivity contribution in [1.29, 1.82) is 0 Å². The van der Waals surface area contributed by atoms with E-state index in [4.69, 9.17) is 10.4 Å². The van der Waals surface area contributed by atoms with Crippen LogP contribution in [0.15, 0.2) is 47.6 Å². The zero-order valence-electron chi connectivity index (χ0n) is 12.1. The molecule has 1 aromatic carbocycles.